The van der Waals surface area contributed by atoms with Gasteiger partial charge in [-0.2, -0.15) is 0 Å². The number of rotatable bonds is 8. The third kappa shape index (κ3) is 5.01. The number of aliphatic hydroxyl groups is 1. The van der Waals surface area contributed by atoms with Crippen molar-refractivity contribution in [2.24, 2.45) is 17.8 Å². The second-order valence-corrected chi connectivity index (χ2v) is 5.05. The Labute approximate surface area is 96.3 Å². The third-order valence-electron chi connectivity index (χ3n) is 4.02. The number of aliphatic hydroxyl groups excluding tert-OH is 1. The van der Waals surface area contributed by atoms with E-state index in [4.69, 9.17) is 0 Å². The molecule has 0 saturated carbocycles. The molecule has 15 heavy (non-hydrogen) atoms. The molecule has 4 atom stereocenters. The highest BCUT2D eigenvalue weighted by atomic mass is 16.3. The normalized spacial score (nSPS) is 19.6. The van der Waals surface area contributed by atoms with Gasteiger partial charge in [0.15, 0.2) is 0 Å². The molecule has 0 aliphatic heterocycles. The predicted octanol–water partition coefficient (Wildman–Crippen LogP) is 4.25. The summed E-state index contributed by atoms with van der Waals surface area (Å²) in [4.78, 5) is 0. The number of hydrogen-bond acceptors (Lipinski definition) is 1. The van der Waals surface area contributed by atoms with Crippen LogP contribution in [0.15, 0.2) is 0 Å². The van der Waals surface area contributed by atoms with Crippen molar-refractivity contribution in [1.29, 1.82) is 0 Å². The van der Waals surface area contributed by atoms with Crippen LogP contribution in [0.2, 0.25) is 0 Å². The summed E-state index contributed by atoms with van der Waals surface area (Å²) < 4.78 is 0. The molecular weight excluding hydrogens is 184 g/mol. The first kappa shape index (κ1) is 15.0. The Kier molecular flexibility index (Phi) is 8.13. The number of unbranched alkanes of at least 4 members (excludes halogenated alkanes) is 1. The first-order chi connectivity index (χ1) is 7.08. The first-order valence-electron chi connectivity index (χ1n) is 6.76. The van der Waals surface area contributed by atoms with E-state index in [-0.39, 0.29) is 6.10 Å². The Bertz CT molecular complexity index is 144. The fourth-order valence-corrected chi connectivity index (χ4v) is 2.22. The van der Waals surface area contributed by atoms with Crippen molar-refractivity contribution in [2.45, 2.75) is 72.8 Å². The topological polar surface area (TPSA) is 20.2 Å². The molecule has 1 N–H and O–H groups in total. The zero-order valence-electron chi connectivity index (χ0n) is 11.3. The van der Waals surface area contributed by atoms with Gasteiger partial charge in [0.05, 0.1) is 6.10 Å². The van der Waals surface area contributed by atoms with Crippen LogP contribution in [-0.4, -0.2) is 11.2 Å². The van der Waals surface area contributed by atoms with Gasteiger partial charge in [0.1, 0.15) is 0 Å². The van der Waals surface area contributed by atoms with E-state index in [0.717, 1.165) is 6.42 Å². The van der Waals surface area contributed by atoms with Crippen LogP contribution in [-0.2, 0) is 0 Å². The van der Waals surface area contributed by atoms with Crippen LogP contribution >= 0.6 is 0 Å². The predicted molar refractivity (Wildman–Crippen MR) is 67.9 cm³/mol. The largest absolute Gasteiger partial charge is 0.393 e. The van der Waals surface area contributed by atoms with Crippen LogP contribution in [0.1, 0.15) is 66.7 Å². The number of hydrogen-bond donors (Lipinski definition) is 1. The van der Waals surface area contributed by atoms with Gasteiger partial charge in [0.2, 0.25) is 0 Å². The van der Waals surface area contributed by atoms with Crippen LogP contribution in [0.3, 0.4) is 0 Å². The van der Waals surface area contributed by atoms with Crippen molar-refractivity contribution < 1.29 is 5.11 Å². The maximum absolute atomic E-state index is 10.3. The Morgan fingerprint density at radius 1 is 1.00 bits per heavy atom. The molecule has 0 aliphatic rings. The fraction of sp³-hybridized carbons (Fsp3) is 1.00. The molecule has 0 aliphatic carbocycles. The third-order valence-corrected chi connectivity index (χ3v) is 4.02. The minimum atomic E-state index is -0.100. The van der Waals surface area contributed by atoms with Crippen molar-refractivity contribution >= 4 is 0 Å². The van der Waals surface area contributed by atoms with E-state index in [1.165, 1.54) is 25.7 Å². The summed E-state index contributed by atoms with van der Waals surface area (Å²) >= 11 is 0. The molecule has 0 rings (SSSR count). The molecule has 0 radical (unpaired) electrons. The van der Waals surface area contributed by atoms with Gasteiger partial charge in [-0.15, -0.1) is 0 Å². The maximum Gasteiger partial charge on any atom is 0.0596 e. The SMILES string of the molecule is CCCCC(CC)C(O)C(C)C(C)CC. The van der Waals surface area contributed by atoms with E-state index in [2.05, 4.69) is 34.6 Å². The molecule has 0 fully saturated rings. The fourth-order valence-electron chi connectivity index (χ4n) is 2.22. The van der Waals surface area contributed by atoms with Crippen molar-refractivity contribution in [3.63, 3.8) is 0 Å². The monoisotopic (exact) mass is 214 g/mol. The molecule has 92 valence electrons. The molecule has 1 heteroatoms. The summed E-state index contributed by atoms with van der Waals surface area (Å²) in [5.74, 6) is 1.58. The highest BCUT2D eigenvalue weighted by Gasteiger charge is 2.25. The van der Waals surface area contributed by atoms with Crippen molar-refractivity contribution in [3.8, 4) is 0 Å². The molecule has 1 nitrogen and oxygen atoms in total. The minimum Gasteiger partial charge on any atom is -0.393 e. The molecule has 0 aromatic heterocycles. The minimum absolute atomic E-state index is 0.100. The van der Waals surface area contributed by atoms with E-state index in [1.807, 2.05) is 0 Å². The van der Waals surface area contributed by atoms with Crippen LogP contribution in [0, 0.1) is 17.8 Å². The Balaban J connectivity index is 4.16. The van der Waals surface area contributed by atoms with Crippen molar-refractivity contribution in [3.05, 3.63) is 0 Å². The van der Waals surface area contributed by atoms with Crippen molar-refractivity contribution in [1.82, 2.24) is 0 Å². The van der Waals surface area contributed by atoms with Crippen LogP contribution in [0.5, 0.6) is 0 Å². The standard InChI is InChI=1S/C14H30O/c1-6-9-10-13(8-3)14(15)12(5)11(4)7-2/h11-15H,6-10H2,1-5H3. The zero-order chi connectivity index (χ0) is 11.8. The lowest BCUT2D eigenvalue weighted by molar-refractivity contribution is 0.0279. The van der Waals surface area contributed by atoms with Gasteiger partial charge in [-0.25, -0.2) is 0 Å². The molecular formula is C14H30O. The smallest absolute Gasteiger partial charge is 0.0596 e. The van der Waals surface area contributed by atoms with E-state index in [9.17, 15) is 5.11 Å². The Morgan fingerprint density at radius 2 is 1.60 bits per heavy atom. The van der Waals surface area contributed by atoms with Gasteiger partial charge < -0.3 is 5.11 Å². The maximum atomic E-state index is 10.3. The van der Waals surface area contributed by atoms with Gasteiger partial charge in [0, 0.05) is 0 Å². The second-order valence-electron chi connectivity index (χ2n) is 5.05. The summed E-state index contributed by atoms with van der Waals surface area (Å²) in [5.41, 5.74) is 0. The second kappa shape index (κ2) is 8.15. The van der Waals surface area contributed by atoms with E-state index >= 15 is 0 Å². The van der Waals surface area contributed by atoms with E-state index in [1.54, 1.807) is 0 Å². The summed E-state index contributed by atoms with van der Waals surface area (Å²) in [6, 6.07) is 0. The Hall–Kier alpha value is -0.0400. The van der Waals surface area contributed by atoms with Crippen LogP contribution in [0.25, 0.3) is 0 Å². The van der Waals surface area contributed by atoms with Gasteiger partial charge in [0.25, 0.3) is 0 Å². The molecule has 0 aromatic carbocycles. The molecule has 0 spiro atoms. The highest BCUT2D eigenvalue weighted by molar-refractivity contribution is 4.76. The summed E-state index contributed by atoms with van der Waals surface area (Å²) in [6.07, 6.45) is 5.86. The van der Waals surface area contributed by atoms with Gasteiger partial charge in [-0.1, -0.05) is 60.3 Å². The highest BCUT2D eigenvalue weighted by Crippen LogP contribution is 2.27. The van der Waals surface area contributed by atoms with Crippen molar-refractivity contribution in [2.75, 3.05) is 0 Å². The van der Waals surface area contributed by atoms with Gasteiger partial charge >= 0.3 is 0 Å². The molecule has 0 heterocycles. The molecule has 0 aromatic rings. The molecule has 0 saturated heterocycles. The lowest BCUT2D eigenvalue weighted by atomic mass is 9.80. The molecule has 0 amide bonds. The van der Waals surface area contributed by atoms with Gasteiger partial charge in [-0.3, -0.25) is 0 Å². The Morgan fingerprint density at radius 3 is 2.00 bits per heavy atom. The lowest BCUT2D eigenvalue weighted by Crippen LogP contribution is -2.31. The average molecular weight is 214 g/mol. The van der Waals surface area contributed by atoms with Crippen LogP contribution in [0.4, 0.5) is 0 Å². The quantitative estimate of drug-likeness (QED) is 0.640. The molecule has 4 unspecified atom stereocenters. The first-order valence-corrected chi connectivity index (χ1v) is 6.76. The van der Waals surface area contributed by atoms with Gasteiger partial charge in [-0.05, 0) is 24.2 Å². The summed E-state index contributed by atoms with van der Waals surface area (Å²) in [6.45, 7) is 11.1. The van der Waals surface area contributed by atoms with E-state index < -0.39 is 0 Å². The zero-order valence-corrected chi connectivity index (χ0v) is 11.3. The summed E-state index contributed by atoms with van der Waals surface area (Å²) in [5, 5.41) is 10.3. The molecule has 0 bridgehead atoms. The van der Waals surface area contributed by atoms with E-state index in [0.29, 0.717) is 17.8 Å². The average Bonchev–Trinajstić information content (AvgIpc) is 2.27. The summed E-state index contributed by atoms with van der Waals surface area (Å²) in [7, 11) is 0. The van der Waals surface area contributed by atoms with Crippen LogP contribution < -0.4 is 0 Å². The lowest BCUT2D eigenvalue weighted by Gasteiger charge is -2.30.